The Morgan fingerprint density at radius 1 is 0.879 bits per heavy atom. The van der Waals surface area contributed by atoms with Crippen molar-refractivity contribution in [3.63, 3.8) is 0 Å². The lowest BCUT2D eigenvalue weighted by molar-refractivity contribution is -0.384. The van der Waals surface area contributed by atoms with E-state index in [-0.39, 0.29) is 11.5 Å². The van der Waals surface area contributed by atoms with Gasteiger partial charge in [0, 0.05) is 24.1 Å². The zero-order chi connectivity index (χ0) is 22.8. The molecule has 5 rings (SSSR count). The molecule has 4 heteroatoms. The number of non-ortho nitro benzene ring substituents is 1. The molecule has 0 bridgehead atoms. The lowest BCUT2D eigenvalue weighted by atomic mass is 9.93. The van der Waals surface area contributed by atoms with Crippen LogP contribution in [0.5, 0.6) is 0 Å². The van der Waals surface area contributed by atoms with Crippen LogP contribution < -0.4 is 0 Å². The summed E-state index contributed by atoms with van der Waals surface area (Å²) in [5, 5.41) is 13.6. The quantitative estimate of drug-likeness (QED) is 0.173. The minimum Gasteiger partial charge on any atom is -0.294 e. The number of benzene rings is 4. The Balaban J connectivity index is 1.15. The van der Waals surface area contributed by atoms with Crippen molar-refractivity contribution in [1.82, 2.24) is 0 Å². The molecular formula is C29H25NO3. The van der Waals surface area contributed by atoms with Crippen LogP contribution in [0.2, 0.25) is 0 Å². The van der Waals surface area contributed by atoms with E-state index in [1.807, 2.05) is 12.1 Å². The number of aryl methyl sites for hydroxylation is 1. The van der Waals surface area contributed by atoms with E-state index >= 15 is 0 Å². The molecular weight excluding hydrogens is 410 g/mol. The summed E-state index contributed by atoms with van der Waals surface area (Å²) in [4.78, 5) is 22.8. The van der Waals surface area contributed by atoms with E-state index in [4.69, 9.17) is 0 Å². The van der Waals surface area contributed by atoms with Gasteiger partial charge in [0.05, 0.1) is 4.92 Å². The van der Waals surface area contributed by atoms with E-state index in [9.17, 15) is 14.9 Å². The average Bonchev–Trinajstić information content (AvgIpc) is 3.20. The topological polar surface area (TPSA) is 60.2 Å². The number of rotatable bonds is 8. The summed E-state index contributed by atoms with van der Waals surface area (Å²) < 4.78 is 0. The summed E-state index contributed by atoms with van der Waals surface area (Å²) in [6.07, 6.45) is 4.77. The highest BCUT2D eigenvalue weighted by Crippen LogP contribution is 2.40. The summed E-state index contributed by atoms with van der Waals surface area (Å²) >= 11 is 0. The van der Waals surface area contributed by atoms with Gasteiger partial charge in [-0.2, -0.15) is 0 Å². The van der Waals surface area contributed by atoms with Gasteiger partial charge in [0.1, 0.15) is 0 Å². The molecule has 0 amide bonds. The molecule has 4 aromatic rings. The second-order valence-electron chi connectivity index (χ2n) is 8.88. The van der Waals surface area contributed by atoms with Gasteiger partial charge in [-0.05, 0) is 76.8 Å². The maximum absolute atomic E-state index is 12.5. The molecule has 1 unspecified atom stereocenters. The molecule has 0 aliphatic heterocycles. The van der Waals surface area contributed by atoms with Crippen molar-refractivity contribution in [2.24, 2.45) is 0 Å². The van der Waals surface area contributed by atoms with Crippen molar-refractivity contribution >= 4 is 22.2 Å². The fourth-order valence-corrected chi connectivity index (χ4v) is 5.03. The maximum atomic E-state index is 12.5. The Hall–Kier alpha value is -3.79. The SMILES string of the molecule is O=C(Cc1ccc(CCCC2Cc3cccc4cccc2c34)cc1)c1ccc([N+](=O)[O-])cc1. The van der Waals surface area contributed by atoms with E-state index in [0.29, 0.717) is 17.9 Å². The van der Waals surface area contributed by atoms with Crippen LogP contribution in [0.1, 0.15) is 51.4 Å². The number of nitro benzene ring substituents is 1. The number of carbonyl (C=O) groups excluding carboxylic acids is 1. The van der Waals surface area contributed by atoms with E-state index < -0.39 is 4.92 Å². The second-order valence-corrected chi connectivity index (χ2v) is 8.88. The Kier molecular flexibility index (Phi) is 5.74. The third-order valence-electron chi connectivity index (χ3n) is 6.74. The first kappa shape index (κ1) is 21.1. The van der Waals surface area contributed by atoms with Gasteiger partial charge in [0.2, 0.25) is 0 Å². The summed E-state index contributed by atoms with van der Waals surface area (Å²) in [6, 6.07) is 27.4. The second kappa shape index (κ2) is 8.99. The van der Waals surface area contributed by atoms with Gasteiger partial charge in [0.15, 0.2) is 5.78 Å². The molecule has 0 N–H and O–H groups in total. The Labute approximate surface area is 193 Å². The average molecular weight is 436 g/mol. The number of ketones is 1. The van der Waals surface area contributed by atoms with Crippen molar-refractivity contribution in [2.75, 3.05) is 0 Å². The third-order valence-corrected chi connectivity index (χ3v) is 6.74. The molecule has 0 radical (unpaired) electrons. The van der Waals surface area contributed by atoms with Crippen LogP contribution in [-0.2, 0) is 19.3 Å². The molecule has 1 atom stereocenters. The minimum absolute atomic E-state index is 0.00549. The number of nitrogens with zero attached hydrogens (tertiary/aromatic N) is 1. The molecule has 0 fully saturated rings. The fourth-order valence-electron chi connectivity index (χ4n) is 5.03. The highest BCUT2D eigenvalue weighted by molar-refractivity contribution is 5.97. The third kappa shape index (κ3) is 4.42. The largest absolute Gasteiger partial charge is 0.294 e. The van der Waals surface area contributed by atoms with Crippen molar-refractivity contribution in [2.45, 2.75) is 38.0 Å². The fraction of sp³-hybridized carbons (Fsp3) is 0.207. The Bertz CT molecular complexity index is 1320. The van der Waals surface area contributed by atoms with E-state index in [1.165, 1.54) is 58.1 Å². The van der Waals surface area contributed by atoms with E-state index in [0.717, 1.165) is 24.8 Å². The normalized spacial score (nSPS) is 14.5. The molecule has 33 heavy (non-hydrogen) atoms. The number of hydrogen-bond donors (Lipinski definition) is 0. The van der Waals surface area contributed by atoms with Crippen LogP contribution in [0.15, 0.2) is 84.9 Å². The number of carbonyl (C=O) groups is 1. The molecule has 4 nitrogen and oxygen atoms in total. The summed E-state index contributed by atoms with van der Waals surface area (Å²) in [6.45, 7) is 0. The maximum Gasteiger partial charge on any atom is 0.269 e. The van der Waals surface area contributed by atoms with Gasteiger partial charge in [-0.1, -0.05) is 60.7 Å². The number of nitro groups is 1. The van der Waals surface area contributed by atoms with Gasteiger partial charge < -0.3 is 0 Å². The minimum atomic E-state index is -0.459. The first-order valence-electron chi connectivity index (χ1n) is 11.4. The van der Waals surface area contributed by atoms with E-state index in [1.54, 1.807) is 0 Å². The van der Waals surface area contributed by atoms with Crippen LogP contribution in [-0.4, -0.2) is 10.7 Å². The molecule has 0 heterocycles. The molecule has 1 aliphatic carbocycles. The molecule has 164 valence electrons. The Morgan fingerprint density at radius 3 is 2.30 bits per heavy atom. The molecule has 0 saturated heterocycles. The lowest BCUT2D eigenvalue weighted by Gasteiger charge is -2.12. The molecule has 0 saturated carbocycles. The van der Waals surface area contributed by atoms with E-state index in [2.05, 4.69) is 48.5 Å². The van der Waals surface area contributed by atoms with Crippen molar-refractivity contribution in [1.29, 1.82) is 0 Å². The monoisotopic (exact) mass is 435 g/mol. The Morgan fingerprint density at radius 2 is 1.58 bits per heavy atom. The smallest absolute Gasteiger partial charge is 0.269 e. The van der Waals surface area contributed by atoms with Crippen LogP contribution in [0.3, 0.4) is 0 Å². The van der Waals surface area contributed by atoms with Gasteiger partial charge in [-0.3, -0.25) is 14.9 Å². The van der Waals surface area contributed by atoms with Crippen molar-refractivity contribution < 1.29 is 9.72 Å². The predicted octanol–water partition coefficient (Wildman–Crippen LogP) is 6.84. The highest BCUT2D eigenvalue weighted by atomic mass is 16.6. The lowest BCUT2D eigenvalue weighted by Crippen LogP contribution is -2.04. The zero-order valence-electron chi connectivity index (χ0n) is 18.4. The predicted molar refractivity (Wildman–Crippen MR) is 131 cm³/mol. The molecule has 1 aliphatic rings. The first-order chi connectivity index (χ1) is 16.1. The summed E-state index contributed by atoms with van der Waals surface area (Å²) in [5.74, 6) is 0.567. The summed E-state index contributed by atoms with van der Waals surface area (Å²) in [7, 11) is 0. The van der Waals surface area contributed by atoms with Gasteiger partial charge in [0.25, 0.3) is 5.69 Å². The molecule has 0 aromatic heterocycles. The van der Waals surface area contributed by atoms with Crippen LogP contribution in [0.4, 0.5) is 5.69 Å². The van der Waals surface area contributed by atoms with Crippen molar-refractivity contribution in [3.8, 4) is 0 Å². The van der Waals surface area contributed by atoms with Gasteiger partial charge >= 0.3 is 0 Å². The standard InChI is InChI=1S/C29H25NO3/c31-28(22-14-16-26(17-15-22)30(32)33)18-21-12-10-20(11-13-21)4-1-7-24-19-25-8-2-5-23-6-3-9-27(24)29(23)25/h2-3,5-6,8-17,24H,1,4,7,18-19H2. The van der Waals surface area contributed by atoms with Crippen LogP contribution in [0, 0.1) is 10.1 Å². The zero-order valence-corrected chi connectivity index (χ0v) is 18.4. The molecule has 0 spiro atoms. The first-order valence-corrected chi connectivity index (χ1v) is 11.4. The van der Waals surface area contributed by atoms with Crippen molar-refractivity contribution in [3.05, 3.63) is 123 Å². The number of hydrogen-bond acceptors (Lipinski definition) is 3. The van der Waals surface area contributed by atoms with Gasteiger partial charge in [-0.25, -0.2) is 0 Å². The van der Waals surface area contributed by atoms with Crippen LogP contribution in [0.25, 0.3) is 10.8 Å². The highest BCUT2D eigenvalue weighted by Gasteiger charge is 2.23. The molecule has 4 aromatic carbocycles. The summed E-state index contributed by atoms with van der Waals surface area (Å²) in [5.41, 5.74) is 5.72. The number of Topliss-reactive ketones (excluding diaryl/α,β-unsaturated/α-hetero) is 1. The van der Waals surface area contributed by atoms with Crippen LogP contribution >= 0.6 is 0 Å². The van der Waals surface area contributed by atoms with Gasteiger partial charge in [-0.15, -0.1) is 0 Å².